The van der Waals surface area contributed by atoms with Crippen LogP contribution in [0.2, 0.25) is 0 Å². The molecule has 0 heterocycles. The molecule has 0 aliphatic rings. The summed E-state index contributed by atoms with van der Waals surface area (Å²) >= 11 is 0. The summed E-state index contributed by atoms with van der Waals surface area (Å²) in [5, 5.41) is 0. The van der Waals surface area contributed by atoms with Gasteiger partial charge in [0.15, 0.2) is 0 Å². The number of rotatable bonds is 7. The van der Waals surface area contributed by atoms with E-state index in [1.54, 1.807) is 0 Å². The van der Waals surface area contributed by atoms with E-state index in [1.165, 1.54) is 24.0 Å². The van der Waals surface area contributed by atoms with Gasteiger partial charge in [-0.2, -0.15) is 0 Å². The summed E-state index contributed by atoms with van der Waals surface area (Å²) in [7, 11) is 0. The zero-order valence-corrected chi connectivity index (χ0v) is 11.4. The van der Waals surface area contributed by atoms with Gasteiger partial charge < -0.3 is 10.6 Å². The number of hydrogen-bond donors (Lipinski definition) is 1. The molecule has 0 aliphatic carbocycles. The second kappa shape index (κ2) is 7.46. The van der Waals surface area contributed by atoms with E-state index in [4.69, 9.17) is 5.73 Å². The summed E-state index contributed by atoms with van der Waals surface area (Å²) < 4.78 is 0. The first-order chi connectivity index (χ1) is 8.19. The average Bonchev–Trinajstić information content (AvgIpc) is 2.30. The minimum Gasteiger partial charge on any atom is -0.323 e. The first-order valence-corrected chi connectivity index (χ1v) is 6.72. The van der Waals surface area contributed by atoms with Gasteiger partial charge in [0.25, 0.3) is 0 Å². The Morgan fingerprint density at radius 1 is 1.12 bits per heavy atom. The van der Waals surface area contributed by atoms with Gasteiger partial charge in [-0.1, -0.05) is 38.1 Å². The second-order valence-electron chi connectivity index (χ2n) is 4.76. The Morgan fingerprint density at radius 2 is 1.71 bits per heavy atom. The van der Waals surface area contributed by atoms with Crippen molar-refractivity contribution < 1.29 is 0 Å². The molecule has 1 atom stereocenters. The first-order valence-electron chi connectivity index (χ1n) is 6.72. The molecule has 1 rings (SSSR count). The quantitative estimate of drug-likeness (QED) is 0.785. The Kier molecular flexibility index (Phi) is 6.23. The molecule has 0 saturated heterocycles. The second-order valence-corrected chi connectivity index (χ2v) is 4.76. The standard InChI is InChI=1S/C15H26N2/c1-4-10-17(11-5-2)12-15(16)14-9-7-6-8-13(14)3/h6-9,15H,4-5,10-12,16H2,1-3H3. The lowest BCUT2D eigenvalue weighted by molar-refractivity contribution is 0.258. The summed E-state index contributed by atoms with van der Waals surface area (Å²) in [6.07, 6.45) is 2.39. The highest BCUT2D eigenvalue weighted by Crippen LogP contribution is 2.16. The van der Waals surface area contributed by atoms with Crippen molar-refractivity contribution >= 4 is 0 Å². The summed E-state index contributed by atoms with van der Waals surface area (Å²) in [4.78, 5) is 2.47. The SMILES string of the molecule is CCCN(CCC)CC(N)c1ccccc1C. The van der Waals surface area contributed by atoms with E-state index in [0.717, 1.165) is 19.6 Å². The number of nitrogens with zero attached hydrogens (tertiary/aromatic N) is 1. The lowest BCUT2D eigenvalue weighted by atomic mass is 10.0. The fourth-order valence-electron chi connectivity index (χ4n) is 2.31. The van der Waals surface area contributed by atoms with Gasteiger partial charge >= 0.3 is 0 Å². The fourth-order valence-corrected chi connectivity index (χ4v) is 2.31. The molecule has 2 nitrogen and oxygen atoms in total. The highest BCUT2D eigenvalue weighted by atomic mass is 15.1. The Balaban J connectivity index is 2.63. The maximum Gasteiger partial charge on any atom is 0.0426 e. The fraction of sp³-hybridized carbons (Fsp3) is 0.600. The maximum absolute atomic E-state index is 6.32. The van der Waals surface area contributed by atoms with Crippen molar-refractivity contribution in [3.63, 3.8) is 0 Å². The summed E-state index contributed by atoms with van der Waals surface area (Å²) in [5.41, 5.74) is 8.90. The van der Waals surface area contributed by atoms with Crippen molar-refractivity contribution in [1.29, 1.82) is 0 Å². The zero-order valence-electron chi connectivity index (χ0n) is 11.4. The highest BCUT2D eigenvalue weighted by Gasteiger charge is 2.12. The predicted molar refractivity (Wildman–Crippen MR) is 75.1 cm³/mol. The van der Waals surface area contributed by atoms with Crippen LogP contribution in [0, 0.1) is 6.92 Å². The molecule has 1 aromatic rings. The van der Waals surface area contributed by atoms with Crippen molar-refractivity contribution in [2.75, 3.05) is 19.6 Å². The smallest absolute Gasteiger partial charge is 0.0426 e. The minimum absolute atomic E-state index is 0.134. The Labute approximate surface area is 106 Å². The van der Waals surface area contributed by atoms with Crippen molar-refractivity contribution in [3.05, 3.63) is 35.4 Å². The molecule has 17 heavy (non-hydrogen) atoms. The van der Waals surface area contributed by atoms with Crippen molar-refractivity contribution in [3.8, 4) is 0 Å². The van der Waals surface area contributed by atoms with Crippen LogP contribution in [-0.2, 0) is 0 Å². The summed E-state index contributed by atoms with van der Waals surface area (Å²) in [5.74, 6) is 0. The van der Waals surface area contributed by atoms with Gasteiger partial charge in [0.1, 0.15) is 0 Å². The van der Waals surface area contributed by atoms with E-state index in [2.05, 4.69) is 49.9 Å². The molecule has 0 aliphatic heterocycles. The number of hydrogen-bond acceptors (Lipinski definition) is 2. The molecule has 0 amide bonds. The van der Waals surface area contributed by atoms with Crippen LogP contribution in [0.5, 0.6) is 0 Å². The number of aryl methyl sites for hydroxylation is 1. The molecule has 2 heteroatoms. The normalized spacial score (nSPS) is 13.0. The molecule has 0 fully saturated rings. The van der Waals surface area contributed by atoms with Crippen molar-refractivity contribution in [2.45, 2.75) is 39.7 Å². The van der Waals surface area contributed by atoms with Gasteiger partial charge in [0.05, 0.1) is 0 Å². The number of nitrogens with two attached hydrogens (primary N) is 1. The third kappa shape index (κ3) is 4.49. The Hall–Kier alpha value is -0.860. The molecular formula is C15H26N2. The van der Waals surface area contributed by atoms with Gasteiger partial charge in [-0.15, -0.1) is 0 Å². The molecule has 0 aromatic heterocycles. The molecule has 1 unspecified atom stereocenters. The average molecular weight is 234 g/mol. The molecule has 0 spiro atoms. The van der Waals surface area contributed by atoms with Crippen molar-refractivity contribution in [2.24, 2.45) is 5.73 Å². The van der Waals surface area contributed by atoms with Crippen molar-refractivity contribution in [1.82, 2.24) is 4.90 Å². The summed E-state index contributed by atoms with van der Waals surface area (Å²) in [6.45, 7) is 9.84. The van der Waals surface area contributed by atoms with Gasteiger partial charge in [0.2, 0.25) is 0 Å². The van der Waals surface area contributed by atoms with Gasteiger partial charge in [-0.05, 0) is 44.0 Å². The van der Waals surface area contributed by atoms with E-state index in [1.807, 2.05) is 0 Å². The molecule has 2 N–H and O–H groups in total. The monoisotopic (exact) mass is 234 g/mol. The Bertz CT molecular complexity index is 316. The molecular weight excluding hydrogens is 208 g/mol. The van der Waals surface area contributed by atoms with Gasteiger partial charge in [-0.3, -0.25) is 0 Å². The van der Waals surface area contributed by atoms with Crippen LogP contribution in [-0.4, -0.2) is 24.5 Å². The molecule has 1 aromatic carbocycles. The minimum atomic E-state index is 0.134. The van der Waals surface area contributed by atoms with E-state index in [-0.39, 0.29) is 6.04 Å². The zero-order chi connectivity index (χ0) is 12.7. The highest BCUT2D eigenvalue weighted by molar-refractivity contribution is 5.28. The van der Waals surface area contributed by atoms with E-state index in [9.17, 15) is 0 Å². The third-order valence-electron chi connectivity index (χ3n) is 3.12. The number of benzene rings is 1. The van der Waals surface area contributed by atoms with Crippen LogP contribution in [0.4, 0.5) is 0 Å². The lowest BCUT2D eigenvalue weighted by Crippen LogP contribution is -2.33. The van der Waals surface area contributed by atoms with E-state index < -0.39 is 0 Å². The largest absolute Gasteiger partial charge is 0.323 e. The van der Waals surface area contributed by atoms with Crippen LogP contribution >= 0.6 is 0 Å². The molecule has 96 valence electrons. The topological polar surface area (TPSA) is 29.3 Å². The molecule has 0 bridgehead atoms. The lowest BCUT2D eigenvalue weighted by Gasteiger charge is -2.25. The van der Waals surface area contributed by atoms with Gasteiger partial charge in [-0.25, -0.2) is 0 Å². The van der Waals surface area contributed by atoms with Crippen LogP contribution in [0.1, 0.15) is 43.9 Å². The maximum atomic E-state index is 6.32. The van der Waals surface area contributed by atoms with Gasteiger partial charge in [0, 0.05) is 12.6 Å². The van der Waals surface area contributed by atoms with Crippen LogP contribution in [0.3, 0.4) is 0 Å². The predicted octanol–water partition coefficient (Wildman–Crippen LogP) is 3.12. The third-order valence-corrected chi connectivity index (χ3v) is 3.12. The molecule has 0 saturated carbocycles. The molecule has 0 radical (unpaired) electrons. The Morgan fingerprint density at radius 3 is 2.24 bits per heavy atom. The first kappa shape index (κ1) is 14.2. The van der Waals surface area contributed by atoms with E-state index >= 15 is 0 Å². The van der Waals surface area contributed by atoms with Crippen LogP contribution < -0.4 is 5.73 Å². The summed E-state index contributed by atoms with van der Waals surface area (Å²) in [6, 6.07) is 8.57. The van der Waals surface area contributed by atoms with Crippen LogP contribution in [0.15, 0.2) is 24.3 Å². The van der Waals surface area contributed by atoms with Crippen LogP contribution in [0.25, 0.3) is 0 Å². The van der Waals surface area contributed by atoms with E-state index in [0.29, 0.717) is 0 Å².